The van der Waals surface area contributed by atoms with E-state index in [4.69, 9.17) is 9.47 Å². The molecule has 2 aromatic rings. The second-order valence-electron chi connectivity index (χ2n) is 4.12. The van der Waals surface area contributed by atoms with Gasteiger partial charge in [-0.05, 0) is 47.7 Å². The number of carbonyl (C=O) groups is 1. The van der Waals surface area contributed by atoms with E-state index in [1.807, 2.05) is 54.6 Å². The second kappa shape index (κ2) is 7.28. The summed E-state index contributed by atoms with van der Waals surface area (Å²) < 4.78 is 12.0. The van der Waals surface area contributed by atoms with Crippen molar-refractivity contribution < 1.29 is 14.3 Å². The van der Waals surface area contributed by atoms with Gasteiger partial charge in [0, 0.05) is 9.13 Å². The zero-order valence-corrected chi connectivity index (χ0v) is 13.2. The first kappa shape index (κ1) is 14.8. The highest BCUT2D eigenvalue weighted by Gasteiger charge is 2.23. The molecule has 0 amide bonds. The third kappa shape index (κ3) is 3.96. The summed E-state index contributed by atoms with van der Waals surface area (Å²) in [6, 6.07) is 16.9. The van der Waals surface area contributed by atoms with E-state index in [1.165, 1.54) is 0 Å². The van der Waals surface area contributed by atoms with Gasteiger partial charge in [-0.1, -0.05) is 36.4 Å². The Kier molecular flexibility index (Phi) is 5.40. The van der Waals surface area contributed by atoms with Crippen LogP contribution in [0.2, 0.25) is 0 Å². The van der Waals surface area contributed by atoms with Crippen LogP contribution in [0.4, 0.5) is 0 Å². The van der Waals surface area contributed by atoms with Gasteiger partial charge in [0.1, 0.15) is 5.75 Å². The summed E-state index contributed by atoms with van der Waals surface area (Å²) in [5.41, 5.74) is 0.782. The number of hydrogen-bond acceptors (Lipinski definition) is 3. The first-order valence-corrected chi connectivity index (χ1v) is 7.42. The van der Waals surface area contributed by atoms with Crippen molar-refractivity contribution in [1.29, 1.82) is 0 Å². The van der Waals surface area contributed by atoms with Crippen LogP contribution in [0.3, 0.4) is 0 Å². The molecule has 0 radical (unpaired) electrons. The lowest BCUT2D eigenvalue weighted by atomic mass is 10.1. The van der Waals surface area contributed by atoms with Crippen LogP contribution in [-0.4, -0.2) is 12.6 Å². The number of hydrogen-bond donors (Lipinski definition) is 0. The molecule has 0 aliphatic rings. The molecule has 0 N–H and O–H groups in total. The monoisotopic (exact) mass is 382 g/mol. The van der Waals surface area contributed by atoms with E-state index < -0.39 is 6.10 Å². The van der Waals surface area contributed by atoms with E-state index in [-0.39, 0.29) is 5.97 Å². The minimum Gasteiger partial charge on any atom is -0.474 e. The van der Waals surface area contributed by atoms with E-state index in [2.05, 4.69) is 22.6 Å². The molecule has 0 heterocycles. The topological polar surface area (TPSA) is 35.5 Å². The highest BCUT2D eigenvalue weighted by molar-refractivity contribution is 14.1. The molecule has 0 aromatic heterocycles. The smallest absolute Gasteiger partial charge is 0.352 e. The van der Waals surface area contributed by atoms with Gasteiger partial charge in [0.15, 0.2) is 0 Å². The van der Waals surface area contributed by atoms with Gasteiger partial charge in [-0.25, -0.2) is 4.79 Å². The summed E-state index contributed by atoms with van der Waals surface area (Å²) in [5, 5.41) is 0. The predicted molar refractivity (Wildman–Crippen MR) is 85.6 cm³/mol. The lowest BCUT2D eigenvalue weighted by Crippen LogP contribution is -2.21. The van der Waals surface area contributed by atoms with E-state index in [1.54, 1.807) is 6.92 Å². The molecule has 1 unspecified atom stereocenters. The number of esters is 1. The van der Waals surface area contributed by atoms with Crippen LogP contribution >= 0.6 is 22.6 Å². The summed E-state index contributed by atoms with van der Waals surface area (Å²) in [6.07, 6.45) is -0.741. The molecule has 0 saturated carbocycles. The average Bonchev–Trinajstić information content (AvgIpc) is 2.46. The SMILES string of the molecule is CCOC(=O)C(Oc1cccc(I)c1)c1ccccc1. The van der Waals surface area contributed by atoms with Crippen molar-refractivity contribution in [3.8, 4) is 5.75 Å². The van der Waals surface area contributed by atoms with Crippen LogP contribution in [0.5, 0.6) is 5.75 Å². The fourth-order valence-corrected chi connectivity index (χ4v) is 2.29. The molecule has 2 aromatic carbocycles. The first-order chi connectivity index (χ1) is 9.70. The number of halogens is 1. The molecule has 2 rings (SSSR count). The molecule has 20 heavy (non-hydrogen) atoms. The molecule has 0 bridgehead atoms. The molecular weight excluding hydrogens is 367 g/mol. The normalized spacial score (nSPS) is 11.7. The van der Waals surface area contributed by atoms with Gasteiger partial charge >= 0.3 is 5.97 Å². The van der Waals surface area contributed by atoms with Crippen LogP contribution < -0.4 is 4.74 Å². The summed E-state index contributed by atoms with van der Waals surface area (Å²) in [4.78, 5) is 12.1. The van der Waals surface area contributed by atoms with E-state index in [9.17, 15) is 4.79 Å². The van der Waals surface area contributed by atoms with Gasteiger partial charge in [0.05, 0.1) is 6.61 Å². The minimum absolute atomic E-state index is 0.331. The largest absolute Gasteiger partial charge is 0.474 e. The van der Waals surface area contributed by atoms with Crippen LogP contribution in [0.1, 0.15) is 18.6 Å². The van der Waals surface area contributed by atoms with E-state index in [0.29, 0.717) is 12.4 Å². The molecule has 4 heteroatoms. The summed E-state index contributed by atoms with van der Waals surface area (Å²) in [6.45, 7) is 2.11. The Morgan fingerprint density at radius 3 is 2.55 bits per heavy atom. The van der Waals surface area contributed by atoms with Gasteiger partial charge in [0.2, 0.25) is 6.10 Å². The second-order valence-corrected chi connectivity index (χ2v) is 5.36. The van der Waals surface area contributed by atoms with Gasteiger partial charge in [-0.3, -0.25) is 0 Å². The van der Waals surface area contributed by atoms with Crippen molar-refractivity contribution in [1.82, 2.24) is 0 Å². The maximum Gasteiger partial charge on any atom is 0.352 e. The van der Waals surface area contributed by atoms with Crippen LogP contribution in [0.15, 0.2) is 54.6 Å². The Morgan fingerprint density at radius 2 is 1.90 bits per heavy atom. The summed E-state index contributed by atoms with van der Waals surface area (Å²) in [5.74, 6) is 0.274. The quantitative estimate of drug-likeness (QED) is 0.580. The fourth-order valence-electron chi connectivity index (χ4n) is 1.77. The zero-order valence-electron chi connectivity index (χ0n) is 11.1. The fraction of sp³-hybridized carbons (Fsp3) is 0.188. The lowest BCUT2D eigenvalue weighted by molar-refractivity contribution is -0.151. The van der Waals surface area contributed by atoms with Gasteiger partial charge in [-0.15, -0.1) is 0 Å². The third-order valence-electron chi connectivity index (χ3n) is 2.65. The minimum atomic E-state index is -0.741. The summed E-state index contributed by atoms with van der Waals surface area (Å²) >= 11 is 2.20. The molecular formula is C16H15IO3. The zero-order chi connectivity index (χ0) is 14.4. The van der Waals surface area contributed by atoms with Gasteiger partial charge < -0.3 is 9.47 Å². The van der Waals surface area contributed by atoms with Crippen molar-refractivity contribution in [2.24, 2.45) is 0 Å². The maximum absolute atomic E-state index is 12.1. The van der Waals surface area contributed by atoms with Crippen molar-refractivity contribution in [3.63, 3.8) is 0 Å². The maximum atomic E-state index is 12.1. The Labute approximate surface area is 132 Å². The third-order valence-corrected chi connectivity index (χ3v) is 3.32. The number of benzene rings is 2. The summed E-state index contributed by atoms with van der Waals surface area (Å²) in [7, 11) is 0. The molecule has 0 aliphatic carbocycles. The molecule has 0 aliphatic heterocycles. The van der Waals surface area contributed by atoms with Gasteiger partial charge in [0.25, 0.3) is 0 Å². The number of ether oxygens (including phenoxy) is 2. The van der Waals surface area contributed by atoms with E-state index >= 15 is 0 Å². The molecule has 0 saturated heterocycles. The lowest BCUT2D eigenvalue weighted by Gasteiger charge is -2.18. The average molecular weight is 382 g/mol. The molecule has 3 nitrogen and oxygen atoms in total. The van der Waals surface area contributed by atoms with Crippen molar-refractivity contribution in [3.05, 3.63) is 63.7 Å². The predicted octanol–water partition coefficient (Wildman–Crippen LogP) is 3.97. The highest BCUT2D eigenvalue weighted by Crippen LogP contribution is 2.24. The van der Waals surface area contributed by atoms with Crippen LogP contribution in [-0.2, 0) is 9.53 Å². The van der Waals surface area contributed by atoms with Crippen LogP contribution in [0, 0.1) is 3.57 Å². The van der Waals surface area contributed by atoms with Gasteiger partial charge in [-0.2, -0.15) is 0 Å². The Morgan fingerprint density at radius 1 is 1.15 bits per heavy atom. The standard InChI is InChI=1S/C16H15IO3/c1-2-19-16(18)15(12-7-4-3-5-8-12)20-14-10-6-9-13(17)11-14/h3-11,15H,2H2,1H3. The molecule has 1 atom stereocenters. The van der Waals surface area contributed by atoms with Crippen molar-refractivity contribution in [2.75, 3.05) is 6.61 Å². The Balaban J connectivity index is 2.25. The highest BCUT2D eigenvalue weighted by atomic mass is 127. The van der Waals surface area contributed by atoms with Crippen molar-refractivity contribution >= 4 is 28.6 Å². The number of rotatable bonds is 5. The Hall–Kier alpha value is -1.56. The van der Waals surface area contributed by atoms with Crippen molar-refractivity contribution in [2.45, 2.75) is 13.0 Å². The molecule has 0 fully saturated rings. The molecule has 104 valence electrons. The van der Waals surface area contributed by atoms with Crippen LogP contribution in [0.25, 0.3) is 0 Å². The first-order valence-electron chi connectivity index (χ1n) is 6.34. The number of carbonyl (C=O) groups excluding carboxylic acids is 1. The molecule has 0 spiro atoms. The Bertz CT molecular complexity index is 569. The van der Waals surface area contributed by atoms with E-state index in [0.717, 1.165) is 9.13 Å².